The topological polar surface area (TPSA) is 12.0 Å². The summed E-state index contributed by atoms with van der Waals surface area (Å²) in [6.07, 6.45) is 9.84. The van der Waals surface area contributed by atoms with E-state index in [1.165, 1.54) is 58.0 Å². The summed E-state index contributed by atoms with van der Waals surface area (Å²) >= 11 is 0. The Morgan fingerprint density at radius 2 is 1.56 bits per heavy atom. The molecule has 0 aliphatic heterocycles. The van der Waals surface area contributed by atoms with Crippen molar-refractivity contribution in [1.29, 1.82) is 0 Å². The van der Waals surface area contributed by atoms with E-state index in [4.69, 9.17) is 0 Å². The van der Waals surface area contributed by atoms with Crippen LogP contribution in [-0.4, -0.2) is 13.1 Å². The zero-order chi connectivity index (χ0) is 12.2. The monoisotopic (exact) mass is 227 g/mol. The molecule has 1 nitrogen and oxygen atoms in total. The smallest absolute Gasteiger partial charge is 0.00205 e. The fourth-order valence-electron chi connectivity index (χ4n) is 2.06. The number of hydrogen-bond donors (Lipinski definition) is 1. The first-order chi connectivity index (χ1) is 7.70. The maximum Gasteiger partial charge on any atom is -0.00205 e. The first-order valence-electron chi connectivity index (χ1n) is 7.41. The Bertz CT molecular complexity index is 131. The van der Waals surface area contributed by atoms with Crippen molar-refractivity contribution in [3.63, 3.8) is 0 Å². The lowest BCUT2D eigenvalue weighted by atomic mass is 9.98. The molecular weight excluding hydrogens is 194 g/mol. The first-order valence-corrected chi connectivity index (χ1v) is 7.41. The van der Waals surface area contributed by atoms with Crippen molar-refractivity contribution in [1.82, 2.24) is 5.32 Å². The Labute approximate surface area is 103 Å². The van der Waals surface area contributed by atoms with E-state index in [9.17, 15) is 0 Å². The molecule has 0 aromatic carbocycles. The molecule has 1 heteroatoms. The van der Waals surface area contributed by atoms with Gasteiger partial charge in [0.15, 0.2) is 0 Å². The molecular formula is C15H33N. The summed E-state index contributed by atoms with van der Waals surface area (Å²) in [6.45, 7) is 11.6. The van der Waals surface area contributed by atoms with E-state index in [-0.39, 0.29) is 0 Å². The van der Waals surface area contributed by atoms with Crippen LogP contribution in [0.5, 0.6) is 0 Å². The van der Waals surface area contributed by atoms with Crippen molar-refractivity contribution in [2.24, 2.45) is 11.8 Å². The van der Waals surface area contributed by atoms with Gasteiger partial charge in [-0.3, -0.25) is 0 Å². The van der Waals surface area contributed by atoms with E-state index in [2.05, 4.69) is 33.0 Å². The molecule has 0 aromatic heterocycles. The van der Waals surface area contributed by atoms with Crippen LogP contribution in [-0.2, 0) is 0 Å². The molecule has 0 saturated heterocycles. The Kier molecular flexibility index (Phi) is 11.4. The molecule has 0 aliphatic carbocycles. The Hall–Kier alpha value is -0.0400. The van der Waals surface area contributed by atoms with E-state index in [1.54, 1.807) is 0 Å². The number of nitrogens with one attached hydrogen (secondary N) is 1. The van der Waals surface area contributed by atoms with Crippen LogP contribution in [0.3, 0.4) is 0 Å². The van der Waals surface area contributed by atoms with E-state index in [0.717, 1.165) is 11.8 Å². The molecule has 16 heavy (non-hydrogen) atoms. The fourth-order valence-corrected chi connectivity index (χ4v) is 2.06. The standard InChI is InChI=1S/C15H33N/c1-5-7-8-9-10-11-15(6-2)13-16-12-14(3)4/h14-16H,5-13H2,1-4H3. The van der Waals surface area contributed by atoms with E-state index < -0.39 is 0 Å². The minimum absolute atomic E-state index is 0.780. The predicted molar refractivity (Wildman–Crippen MR) is 74.9 cm³/mol. The van der Waals surface area contributed by atoms with Gasteiger partial charge in [0.25, 0.3) is 0 Å². The van der Waals surface area contributed by atoms with Gasteiger partial charge >= 0.3 is 0 Å². The summed E-state index contributed by atoms with van der Waals surface area (Å²) in [7, 11) is 0. The predicted octanol–water partition coefficient (Wildman–Crippen LogP) is 4.62. The molecule has 0 amide bonds. The van der Waals surface area contributed by atoms with Gasteiger partial charge in [0.2, 0.25) is 0 Å². The van der Waals surface area contributed by atoms with Crippen molar-refractivity contribution in [3.05, 3.63) is 0 Å². The molecule has 0 radical (unpaired) electrons. The van der Waals surface area contributed by atoms with Crippen molar-refractivity contribution in [2.75, 3.05) is 13.1 Å². The Balaban J connectivity index is 3.36. The second-order valence-corrected chi connectivity index (χ2v) is 5.53. The molecule has 0 heterocycles. The van der Waals surface area contributed by atoms with Crippen molar-refractivity contribution >= 4 is 0 Å². The number of hydrogen-bond acceptors (Lipinski definition) is 1. The minimum Gasteiger partial charge on any atom is -0.316 e. The summed E-state index contributed by atoms with van der Waals surface area (Å²) in [4.78, 5) is 0. The van der Waals surface area contributed by atoms with Crippen LogP contribution in [0.1, 0.15) is 72.6 Å². The molecule has 1 N–H and O–H groups in total. The molecule has 0 fully saturated rings. The second kappa shape index (κ2) is 11.4. The first kappa shape index (κ1) is 16.0. The number of rotatable bonds is 11. The zero-order valence-corrected chi connectivity index (χ0v) is 12.0. The second-order valence-electron chi connectivity index (χ2n) is 5.53. The van der Waals surface area contributed by atoms with Crippen LogP contribution in [0.15, 0.2) is 0 Å². The van der Waals surface area contributed by atoms with E-state index >= 15 is 0 Å². The highest BCUT2D eigenvalue weighted by Crippen LogP contribution is 2.14. The van der Waals surface area contributed by atoms with E-state index in [1.807, 2.05) is 0 Å². The quantitative estimate of drug-likeness (QED) is 0.508. The van der Waals surface area contributed by atoms with E-state index in [0.29, 0.717) is 0 Å². The molecule has 1 unspecified atom stereocenters. The molecule has 1 atom stereocenters. The highest BCUT2D eigenvalue weighted by atomic mass is 14.9. The van der Waals surface area contributed by atoms with Crippen LogP contribution in [0, 0.1) is 11.8 Å². The van der Waals surface area contributed by atoms with Gasteiger partial charge in [0, 0.05) is 0 Å². The van der Waals surface area contributed by atoms with Crippen molar-refractivity contribution in [3.8, 4) is 0 Å². The highest BCUT2D eigenvalue weighted by Gasteiger charge is 2.05. The summed E-state index contributed by atoms with van der Waals surface area (Å²) in [5.41, 5.74) is 0. The van der Waals surface area contributed by atoms with Crippen LogP contribution in [0.2, 0.25) is 0 Å². The maximum absolute atomic E-state index is 3.59. The van der Waals surface area contributed by atoms with Gasteiger partial charge in [0.05, 0.1) is 0 Å². The van der Waals surface area contributed by atoms with Gasteiger partial charge in [-0.2, -0.15) is 0 Å². The van der Waals surface area contributed by atoms with Gasteiger partial charge in [0.1, 0.15) is 0 Å². The average Bonchev–Trinajstić information content (AvgIpc) is 2.26. The lowest BCUT2D eigenvalue weighted by Crippen LogP contribution is -2.26. The van der Waals surface area contributed by atoms with Gasteiger partial charge in [-0.15, -0.1) is 0 Å². The van der Waals surface area contributed by atoms with Crippen LogP contribution in [0.4, 0.5) is 0 Å². The van der Waals surface area contributed by atoms with Crippen LogP contribution >= 0.6 is 0 Å². The minimum atomic E-state index is 0.780. The molecule has 0 aromatic rings. The van der Waals surface area contributed by atoms with Crippen LogP contribution in [0.25, 0.3) is 0 Å². The molecule has 0 bridgehead atoms. The average molecular weight is 227 g/mol. The zero-order valence-electron chi connectivity index (χ0n) is 12.0. The summed E-state index contributed by atoms with van der Waals surface area (Å²) in [5.74, 6) is 1.68. The van der Waals surface area contributed by atoms with Gasteiger partial charge < -0.3 is 5.32 Å². The SMILES string of the molecule is CCCCCCCC(CC)CNCC(C)C. The molecule has 0 aliphatic rings. The fraction of sp³-hybridized carbons (Fsp3) is 1.00. The van der Waals surface area contributed by atoms with Gasteiger partial charge in [-0.1, -0.05) is 66.2 Å². The maximum atomic E-state index is 3.59. The van der Waals surface area contributed by atoms with Crippen LogP contribution < -0.4 is 5.32 Å². The third kappa shape index (κ3) is 10.5. The number of unbranched alkanes of at least 4 members (excludes halogenated alkanes) is 4. The Morgan fingerprint density at radius 1 is 0.875 bits per heavy atom. The lowest BCUT2D eigenvalue weighted by molar-refractivity contribution is 0.399. The molecule has 0 rings (SSSR count). The molecule has 0 saturated carbocycles. The third-order valence-corrected chi connectivity index (χ3v) is 3.28. The largest absolute Gasteiger partial charge is 0.316 e. The highest BCUT2D eigenvalue weighted by molar-refractivity contribution is 4.62. The van der Waals surface area contributed by atoms with Crippen molar-refractivity contribution in [2.45, 2.75) is 72.6 Å². The normalized spacial score (nSPS) is 13.3. The Morgan fingerprint density at radius 3 is 2.12 bits per heavy atom. The third-order valence-electron chi connectivity index (χ3n) is 3.28. The summed E-state index contributed by atoms with van der Waals surface area (Å²) < 4.78 is 0. The van der Waals surface area contributed by atoms with Gasteiger partial charge in [-0.25, -0.2) is 0 Å². The summed E-state index contributed by atoms with van der Waals surface area (Å²) in [6, 6.07) is 0. The van der Waals surface area contributed by atoms with Gasteiger partial charge in [-0.05, 0) is 31.3 Å². The summed E-state index contributed by atoms with van der Waals surface area (Å²) in [5, 5.41) is 3.59. The van der Waals surface area contributed by atoms with Crippen molar-refractivity contribution < 1.29 is 0 Å². The lowest BCUT2D eigenvalue weighted by Gasteiger charge is -2.16. The molecule has 0 spiro atoms. The molecule has 98 valence electrons.